The number of amides is 1. The van der Waals surface area contributed by atoms with Gasteiger partial charge in [0.1, 0.15) is 5.82 Å². The molecule has 1 aromatic carbocycles. The Morgan fingerprint density at radius 2 is 1.57 bits per heavy atom. The van der Waals surface area contributed by atoms with E-state index in [1.54, 1.807) is 0 Å². The summed E-state index contributed by atoms with van der Waals surface area (Å²) in [4.78, 5) is 30.3. The maximum Gasteiger partial charge on any atom is 0.253 e. The van der Waals surface area contributed by atoms with Crippen molar-refractivity contribution in [2.24, 2.45) is 0 Å². The maximum absolute atomic E-state index is 13.2. The number of hydrogen-bond donors (Lipinski definition) is 1. The number of ether oxygens (including phenoxy) is 2. The molecule has 0 saturated carbocycles. The van der Waals surface area contributed by atoms with Crippen LogP contribution in [0.5, 0.6) is 0 Å². The van der Waals surface area contributed by atoms with Crippen LogP contribution in [-0.4, -0.2) is 73.5 Å². The second-order valence-corrected chi connectivity index (χ2v) is 7.26. The maximum atomic E-state index is 13.2. The van der Waals surface area contributed by atoms with Crippen molar-refractivity contribution in [3.8, 4) is 0 Å². The summed E-state index contributed by atoms with van der Waals surface area (Å²) in [6, 6.07) is 3.64. The molecule has 0 bridgehead atoms. The highest BCUT2D eigenvalue weighted by atomic mass is 35.5. The number of carbonyl (C=O) groups excluding carboxylic acids is 1. The van der Waals surface area contributed by atoms with E-state index in [2.05, 4.69) is 20.3 Å². The minimum absolute atomic E-state index is 0.0474. The Morgan fingerprint density at radius 3 is 2.10 bits per heavy atom. The molecule has 1 N–H and O–H groups in total. The molecule has 1 amide bonds. The number of benzene rings is 1. The molecule has 160 valence electrons. The van der Waals surface area contributed by atoms with Gasteiger partial charge in [-0.25, -0.2) is 4.39 Å². The van der Waals surface area contributed by atoms with E-state index in [9.17, 15) is 9.18 Å². The number of rotatable bonds is 5. The zero-order chi connectivity index (χ0) is 20.9. The number of carbonyl (C=O) groups is 1. The van der Waals surface area contributed by atoms with Gasteiger partial charge < -0.3 is 24.6 Å². The molecule has 4 rings (SSSR count). The van der Waals surface area contributed by atoms with E-state index in [-0.39, 0.29) is 17.1 Å². The second kappa shape index (κ2) is 9.50. The third-order valence-corrected chi connectivity index (χ3v) is 5.14. The molecule has 11 heteroatoms. The lowest BCUT2D eigenvalue weighted by Gasteiger charge is -2.30. The minimum atomic E-state index is -0.501. The summed E-state index contributed by atoms with van der Waals surface area (Å²) in [5, 5.41) is 2.80. The van der Waals surface area contributed by atoms with Crippen molar-refractivity contribution in [3.63, 3.8) is 0 Å². The van der Waals surface area contributed by atoms with Gasteiger partial charge in [-0.3, -0.25) is 4.79 Å². The van der Waals surface area contributed by atoms with Crippen LogP contribution < -0.4 is 15.1 Å². The third kappa shape index (κ3) is 4.94. The topological polar surface area (TPSA) is 92.7 Å². The molecule has 2 fully saturated rings. The first-order chi connectivity index (χ1) is 14.6. The van der Waals surface area contributed by atoms with Gasteiger partial charge >= 0.3 is 0 Å². The first-order valence-electron chi connectivity index (χ1n) is 9.74. The Morgan fingerprint density at radius 1 is 1.00 bits per heavy atom. The van der Waals surface area contributed by atoms with E-state index in [4.69, 9.17) is 21.1 Å². The normalized spacial score (nSPS) is 17.1. The largest absolute Gasteiger partial charge is 0.378 e. The van der Waals surface area contributed by atoms with Gasteiger partial charge in [0.25, 0.3) is 5.91 Å². The summed E-state index contributed by atoms with van der Waals surface area (Å²) in [5.74, 6) is 0.609. The predicted molar refractivity (Wildman–Crippen MR) is 108 cm³/mol. The highest BCUT2D eigenvalue weighted by molar-refractivity contribution is 6.33. The fourth-order valence-electron chi connectivity index (χ4n) is 3.21. The van der Waals surface area contributed by atoms with E-state index >= 15 is 0 Å². The fourth-order valence-corrected chi connectivity index (χ4v) is 3.47. The predicted octanol–water partition coefficient (Wildman–Crippen LogP) is 1.27. The van der Waals surface area contributed by atoms with Crippen molar-refractivity contribution in [1.29, 1.82) is 0 Å². The Balaban J connectivity index is 1.53. The average molecular weight is 437 g/mol. The molecular formula is C19H22ClFN6O3. The molecule has 2 aromatic rings. The van der Waals surface area contributed by atoms with Gasteiger partial charge in [0.05, 0.1) is 43.6 Å². The quantitative estimate of drug-likeness (QED) is 0.749. The van der Waals surface area contributed by atoms with Gasteiger partial charge in [-0.15, -0.1) is 0 Å². The number of halogens is 2. The van der Waals surface area contributed by atoms with Gasteiger partial charge in [-0.2, -0.15) is 15.0 Å². The smallest absolute Gasteiger partial charge is 0.253 e. The monoisotopic (exact) mass is 436 g/mol. The Labute approximate surface area is 178 Å². The van der Waals surface area contributed by atoms with E-state index < -0.39 is 11.7 Å². The first-order valence-corrected chi connectivity index (χ1v) is 10.1. The van der Waals surface area contributed by atoms with Gasteiger partial charge in [-0.1, -0.05) is 11.6 Å². The lowest BCUT2D eigenvalue weighted by Crippen LogP contribution is -2.40. The lowest BCUT2D eigenvalue weighted by molar-refractivity contribution is 0.0950. The highest BCUT2D eigenvalue weighted by Crippen LogP contribution is 2.19. The Kier molecular flexibility index (Phi) is 6.56. The van der Waals surface area contributed by atoms with Gasteiger partial charge in [0, 0.05) is 26.2 Å². The number of anilines is 2. The van der Waals surface area contributed by atoms with E-state index in [1.165, 1.54) is 12.1 Å². The van der Waals surface area contributed by atoms with Crippen molar-refractivity contribution in [3.05, 3.63) is 40.4 Å². The Bertz CT molecular complexity index is 870. The molecule has 2 aliphatic heterocycles. The van der Waals surface area contributed by atoms with Crippen LogP contribution in [-0.2, 0) is 16.0 Å². The molecule has 30 heavy (non-hydrogen) atoms. The van der Waals surface area contributed by atoms with Crippen LogP contribution in [0.2, 0.25) is 5.02 Å². The van der Waals surface area contributed by atoms with Crippen molar-refractivity contribution in [1.82, 2.24) is 20.3 Å². The molecule has 0 spiro atoms. The molecule has 0 radical (unpaired) electrons. The van der Waals surface area contributed by atoms with Crippen LogP contribution in [0, 0.1) is 5.82 Å². The second-order valence-electron chi connectivity index (χ2n) is 6.86. The summed E-state index contributed by atoms with van der Waals surface area (Å²) in [6.45, 7) is 5.24. The SMILES string of the molecule is O=C(NCc1nc(N2CCOCC2)nc(N2CCOCC2)n1)c1ccc(F)cc1Cl. The molecule has 9 nitrogen and oxygen atoms in total. The van der Waals surface area contributed by atoms with Crippen LogP contribution in [0.1, 0.15) is 16.2 Å². The summed E-state index contributed by atoms with van der Waals surface area (Å²) in [7, 11) is 0. The fraction of sp³-hybridized carbons (Fsp3) is 0.474. The summed E-state index contributed by atoms with van der Waals surface area (Å²) < 4.78 is 24.1. The van der Waals surface area contributed by atoms with E-state index in [0.717, 1.165) is 6.07 Å². The molecule has 0 unspecified atom stereocenters. The molecular weight excluding hydrogens is 415 g/mol. The lowest BCUT2D eigenvalue weighted by atomic mass is 10.2. The van der Waals surface area contributed by atoms with Crippen LogP contribution in [0.25, 0.3) is 0 Å². The van der Waals surface area contributed by atoms with Crippen LogP contribution in [0.15, 0.2) is 18.2 Å². The van der Waals surface area contributed by atoms with Gasteiger partial charge in [0.15, 0.2) is 5.82 Å². The van der Waals surface area contributed by atoms with Crippen molar-refractivity contribution in [2.75, 3.05) is 62.4 Å². The van der Waals surface area contributed by atoms with E-state index in [0.29, 0.717) is 70.3 Å². The van der Waals surface area contributed by atoms with Crippen molar-refractivity contribution < 1.29 is 18.7 Å². The standard InChI is InChI=1S/C19H22ClFN6O3/c20-15-11-13(21)1-2-14(15)17(28)22-12-16-23-18(26-3-7-29-8-4-26)25-19(24-16)27-5-9-30-10-6-27/h1-2,11H,3-10,12H2,(H,22,28). The molecule has 1 aromatic heterocycles. The molecule has 0 aliphatic carbocycles. The summed E-state index contributed by atoms with van der Waals surface area (Å²) in [6.07, 6.45) is 0. The first kappa shape index (κ1) is 20.7. The number of nitrogens with zero attached hydrogens (tertiary/aromatic N) is 5. The molecule has 3 heterocycles. The van der Waals surface area contributed by atoms with Gasteiger partial charge in [0.2, 0.25) is 11.9 Å². The zero-order valence-electron chi connectivity index (χ0n) is 16.3. The summed E-state index contributed by atoms with van der Waals surface area (Å²) >= 11 is 5.98. The van der Waals surface area contributed by atoms with Crippen LogP contribution >= 0.6 is 11.6 Å². The van der Waals surface area contributed by atoms with Crippen LogP contribution in [0.3, 0.4) is 0 Å². The van der Waals surface area contributed by atoms with E-state index in [1.807, 2.05) is 9.80 Å². The Hall–Kier alpha value is -2.56. The summed E-state index contributed by atoms with van der Waals surface area (Å²) in [5.41, 5.74) is 0.189. The molecule has 2 saturated heterocycles. The minimum Gasteiger partial charge on any atom is -0.378 e. The van der Waals surface area contributed by atoms with Crippen molar-refractivity contribution >= 4 is 29.4 Å². The zero-order valence-corrected chi connectivity index (χ0v) is 17.1. The average Bonchev–Trinajstić information content (AvgIpc) is 2.78. The molecule has 0 atom stereocenters. The van der Waals surface area contributed by atoms with Crippen LogP contribution in [0.4, 0.5) is 16.3 Å². The number of aromatic nitrogens is 3. The molecule has 2 aliphatic rings. The van der Waals surface area contributed by atoms with Crippen molar-refractivity contribution in [2.45, 2.75) is 6.54 Å². The number of nitrogens with one attached hydrogen (secondary N) is 1. The highest BCUT2D eigenvalue weighted by Gasteiger charge is 2.21. The number of hydrogen-bond acceptors (Lipinski definition) is 8. The van der Waals surface area contributed by atoms with Gasteiger partial charge in [-0.05, 0) is 18.2 Å². The number of morpholine rings is 2. The third-order valence-electron chi connectivity index (χ3n) is 4.83.